The lowest BCUT2D eigenvalue weighted by Gasteiger charge is -2.48. The van der Waals surface area contributed by atoms with E-state index < -0.39 is 23.0 Å². The SMILES string of the molecule is CC1(C)CC(C2(N)NN=C3C=NC=CN32)CC(F)(F)C1. The number of halogens is 2. The van der Waals surface area contributed by atoms with E-state index in [0.29, 0.717) is 12.3 Å². The summed E-state index contributed by atoms with van der Waals surface area (Å²) in [5.41, 5.74) is 8.77. The minimum Gasteiger partial charge on any atom is -0.291 e. The number of hydrogen-bond donors (Lipinski definition) is 2. The summed E-state index contributed by atoms with van der Waals surface area (Å²) in [6.45, 7) is 3.72. The second-order valence-electron chi connectivity index (χ2n) is 6.66. The normalized spacial score (nSPS) is 37.4. The molecule has 0 bridgehead atoms. The Morgan fingerprint density at radius 1 is 1.40 bits per heavy atom. The van der Waals surface area contributed by atoms with Crippen molar-refractivity contribution in [3.63, 3.8) is 0 Å². The van der Waals surface area contributed by atoms with Crippen molar-refractivity contribution in [1.29, 1.82) is 0 Å². The van der Waals surface area contributed by atoms with Crippen molar-refractivity contribution in [2.45, 2.75) is 44.8 Å². The first-order valence-electron chi connectivity index (χ1n) is 6.73. The number of fused-ring (bicyclic) bond motifs is 1. The molecule has 0 saturated heterocycles. The van der Waals surface area contributed by atoms with E-state index in [-0.39, 0.29) is 12.8 Å². The van der Waals surface area contributed by atoms with E-state index in [1.165, 1.54) is 0 Å². The molecule has 1 saturated carbocycles. The van der Waals surface area contributed by atoms with Crippen LogP contribution in [0.15, 0.2) is 22.5 Å². The zero-order chi connectivity index (χ0) is 14.6. The number of nitrogens with two attached hydrogens (primary N) is 1. The second kappa shape index (κ2) is 4.00. The van der Waals surface area contributed by atoms with E-state index in [1.54, 1.807) is 23.5 Å². The Morgan fingerprint density at radius 3 is 2.85 bits per heavy atom. The standard InChI is InChI=1S/C13H19F2N5/c1-11(2)5-9(6-12(14,15)8-11)13(16)19-18-10-7-17-3-4-20(10)13/h3-4,7,9,19H,5-6,8,16H2,1-2H3. The summed E-state index contributed by atoms with van der Waals surface area (Å²) in [6, 6.07) is 0. The number of aliphatic imine (C=N–C) groups is 1. The van der Waals surface area contributed by atoms with Crippen molar-refractivity contribution in [3.8, 4) is 0 Å². The Kier molecular flexibility index (Phi) is 2.70. The third-order valence-electron chi connectivity index (χ3n) is 4.19. The third-order valence-corrected chi connectivity index (χ3v) is 4.19. The molecule has 3 aliphatic rings. The summed E-state index contributed by atoms with van der Waals surface area (Å²) in [7, 11) is 0. The largest absolute Gasteiger partial charge is 0.291 e. The van der Waals surface area contributed by atoms with Crippen LogP contribution in [-0.2, 0) is 0 Å². The maximum atomic E-state index is 14.0. The van der Waals surface area contributed by atoms with Crippen LogP contribution in [0.5, 0.6) is 0 Å². The molecular weight excluding hydrogens is 264 g/mol. The number of hydrogen-bond acceptors (Lipinski definition) is 5. The van der Waals surface area contributed by atoms with E-state index in [9.17, 15) is 8.78 Å². The van der Waals surface area contributed by atoms with Crippen LogP contribution in [0.2, 0.25) is 0 Å². The van der Waals surface area contributed by atoms with Crippen LogP contribution in [-0.4, -0.2) is 28.7 Å². The molecule has 0 aromatic rings. The molecule has 3 rings (SSSR count). The smallest absolute Gasteiger partial charge is 0.249 e. The molecule has 0 aromatic carbocycles. The van der Waals surface area contributed by atoms with Gasteiger partial charge in [0, 0.05) is 31.2 Å². The van der Waals surface area contributed by atoms with Gasteiger partial charge in [0.1, 0.15) is 0 Å². The number of nitrogens with one attached hydrogen (secondary N) is 1. The number of alkyl halides is 2. The summed E-state index contributed by atoms with van der Waals surface area (Å²) in [5, 5.41) is 4.10. The fraction of sp³-hybridized carbons (Fsp3) is 0.692. The summed E-state index contributed by atoms with van der Waals surface area (Å²) >= 11 is 0. The first kappa shape index (κ1) is 13.5. The van der Waals surface area contributed by atoms with Crippen LogP contribution in [0.25, 0.3) is 0 Å². The lowest BCUT2D eigenvalue weighted by Crippen LogP contribution is -2.66. The van der Waals surface area contributed by atoms with Crippen molar-refractivity contribution in [3.05, 3.63) is 12.4 Å². The molecule has 2 aliphatic heterocycles. The average Bonchev–Trinajstić information content (AvgIpc) is 2.65. The molecule has 5 nitrogen and oxygen atoms in total. The fourth-order valence-electron chi connectivity index (χ4n) is 3.49. The van der Waals surface area contributed by atoms with Crippen LogP contribution in [0.3, 0.4) is 0 Å². The highest BCUT2D eigenvalue weighted by Crippen LogP contribution is 2.50. The van der Waals surface area contributed by atoms with Gasteiger partial charge in [0.05, 0.1) is 6.21 Å². The van der Waals surface area contributed by atoms with Gasteiger partial charge >= 0.3 is 0 Å². The molecule has 110 valence electrons. The Balaban J connectivity index is 1.89. The lowest BCUT2D eigenvalue weighted by atomic mass is 9.68. The highest BCUT2D eigenvalue weighted by atomic mass is 19.3. The van der Waals surface area contributed by atoms with Crippen LogP contribution in [0.4, 0.5) is 8.78 Å². The topological polar surface area (TPSA) is 66.0 Å². The first-order valence-corrected chi connectivity index (χ1v) is 6.73. The molecule has 0 amide bonds. The predicted octanol–water partition coefficient (Wildman–Crippen LogP) is 1.83. The highest BCUT2D eigenvalue weighted by molar-refractivity contribution is 6.30. The third kappa shape index (κ3) is 2.09. The lowest BCUT2D eigenvalue weighted by molar-refractivity contribution is -0.119. The van der Waals surface area contributed by atoms with Crippen molar-refractivity contribution < 1.29 is 8.78 Å². The maximum Gasteiger partial charge on any atom is 0.249 e. The van der Waals surface area contributed by atoms with Gasteiger partial charge in [-0.2, -0.15) is 5.10 Å². The van der Waals surface area contributed by atoms with Crippen LogP contribution in [0, 0.1) is 11.3 Å². The Morgan fingerprint density at radius 2 is 2.15 bits per heavy atom. The van der Waals surface area contributed by atoms with Crippen LogP contribution in [0.1, 0.15) is 33.1 Å². The molecule has 2 heterocycles. The fourth-order valence-corrected chi connectivity index (χ4v) is 3.49. The predicted molar refractivity (Wildman–Crippen MR) is 73.0 cm³/mol. The zero-order valence-corrected chi connectivity index (χ0v) is 11.6. The quantitative estimate of drug-likeness (QED) is 0.771. The molecule has 1 fully saturated rings. The minimum absolute atomic E-state index is 0.0996. The molecule has 2 atom stereocenters. The van der Waals surface area contributed by atoms with Gasteiger partial charge < -0.3 is 0 Å². The molecule has 7 heteroatoms. The molecule has 0 aromatic heterocycles. The summed E-state index contributed by atoms with van der Waals surface area (Å²) < 4.78 is 28.0. The van der Waals surface area contributed by atoms with Crippen molar-refractivity contribution >= 4 is 12.1 Å². The Labute approximate surface area is 116 Å². The van der Waals surface area contributed by atoms with Gasteiger partial charge in [0.2, 0.25) is 5.92 Å². The summed E-state index contributed by atoms with van der Waals surface area (Å²) in [4.78, 5) is 5.66. The van der Waals surface area contributed by atoms with E-state index in [1.807, 2.05) is 13.8 Å². The Hall–Kier alpha value is -1.50. The summed E-state index contributed by atoms with van der Waals surface area (Å²) in [6.07, 6.45) is 5.12. The van der Waals surface area contributed by atoms with Gasteiger partial charge in [-0.25, -0.2) is 8.78 Å². The first-order chi connectivity index (χ1) is 9.22. The van der Waals surface area contributed by atoms with Crippen LogP contribution < -0.4 is 11.2 Å². The number of rotatable bonds is 1. The Bertz CT molecular complexity index is 495. The average molecular weight is 283 g/mol. The van der Waals surface area contributed by atoms with Gasteiger partial charge in [0.25, 0.3) is 0 Å². The summed E-state index contributed by atoms with van der Waals surface area (Å²) in [5.74, 6) is -3.66. The van der Waals surface area contributed by atoms with Crippen molar-refractivity contribution in [2.75, 3.05) is 0 Å². The number of amidine groups is 1. The van der Waals surface area contributed by atoms with Gasteiger partial charge in [-0.05, 0) is 11.8 Å². The van der Waals surface area contributed by atoms with E-state index >= 15 is 0 Å². The van der Waals surface area contributed by atoms with E-state index in [2.05, 4.69) is 15.5 Å². The maximum absolute atomic E-state index is 14.0. The minimum atomic E-state index is -2.70. The molecule has 0 radical (unpaired) electrons. The zero-order valence-electron chi connectivity index (χ0n) is 11.6. The van der Waals surface area contributed by atoms with Gasteiger partial charge in [0.15, 0.2) is 11.6 Å². The number of hydrazone groups is 1. The van der Waals surface area contributed by atoms with Crippen molar-refractivity contribution in [1.82, 2.24) is 10.3 Å². The molecule has 0 spiro atoms. The highest BCUT2D eigenvalue weighted by Gasteiger charge is 2.55. The van der Waals surface area contributed by atoms with E-state index in [0.717, 1.165) is 0 Å². The monoisotopic (exact) mass is 283 g/mol. The molecule has 20 heavy (non-hydrogen) atoms. The van der Waals surface area contributed by atoms with Gasteiger partial charge in [-0.15, -0.1) is 0 Å². The van der Waals surface area contributed by atoms with Crippen molar-refractivity contribution in [2.24, 2.45) is 27.2 Å². The molecule has 1 aliphatic carbocycles. The van der Waals surface area contributed by atoms with Crippen LogP contribution >= 0.6 is 0 Å². The number of nitrogens with zero attached hydrogens (tertiary/aromatic N) is 3. The van der Waals surface area contributed by atoms with E-state index in [4.69, 9.17) is 5.73 Å². The van der Waals surface area contributed by atoms with Gasteiger partial charge in [-0.3, -0.25) is 21.1 Å². The molecular formula is C13H19F2N5. The molecule has 3 N–H and O–H groups in total. The second-order valence-corrected chi connectivity index (χ2v) is 6.66. The van der Waals surface area contributed by atoms with Gasteiger partial charge in [-0.1, -0.05) is 13.8 Å². The molecule has 2 unspecified atom stereocenters.